The van der Waals surface area contributed by atoms with Crippen LogP contribution in [0.5, 0.6) is 0 Å². The molecular weight excluding hydrogens is 251 g/mol. The molecule has 3 N–H and O–H groups in total. The molecule has 0 unspecified atom stereocenters. The van der Waals surface area contributed by atoms with E-state index in [2.05, 4.69) is 10.6 Å². The zero-order valence-electron chi connectivity index (χ0n) is 8.83. The van der Waals surface area contributed by atoms with Crippen LogP contribution in [0.15, 0.2) is 18.2 Å². The molecule has 0 bridgehead atoms. The normalized spacial score (nSPS) is 11.7. The van der Waals surface area contributed by atoms with Gasteiger partial charge in [0.2, 0.25) is 0 Å². The van der Waals surface area contributed by atoms with Gasteiger partial charge >= 0.3 is 12.0 Å². The quantitative estimate of drug-likeness (QED) is 0.778. The minimum Gasteiger partial charge on any atom is -0.480 e. The highest BCUT2D eigenvalue weighted by Crippen LogP contribution is 2.22. The van der Waals surface area contributed by atoms with Gasteiger partial charge in [0.1, 0.15) is 11.9 Å². The molecule has 17 heavy (non-hydrogen) atoms. The van der Waals surface area contributed by atoms with Gasteiger partial charge in [-0.15, -0.1) is 0 Å². The lowest BCUT2D eigenvalue weighted by atomic mass is 10.3. The summed E-state index contributed by atoms with van der Waals surface area (Å²) in [4.78, 5) is 21.8. The smallest absolute Gasteiger partial charge is 0.325 e. The molecule has 1 rings (SSSR count). The molecule has 0 radical (unpaired) electrons. The molecule has 1 aromatic carbocycles. The summed E-state index contributed by atoms with van der Waals surface area (Å²) in [5, 5.41) is 13.1. The Hall–Kier alpha value is -1.82. The Labute approximate surface area is 102 Å². The summed E-state index contributed by atoms with van der Waals surface area (Å²) in [6.45, 7) is 1.31. The van der Waals surface area contributed by atoms with Crippen molar-refractivity contribution in [2.75, 3.05) is 5.32 Å². The molecule has 2 amide bonds. The van der Waals surface area contributed by atoms with Gasteiger partial charge in [-0.2, -0.15) is 0 Å². The molecule has 0 heterocycles. The van der Waals surface area contributed by atoms with Gasteiger partial charge in [0.15, 0.2) is 0 Å². The topological polar surface area (TPSA) is 78.4 Å². The second kappa shape index (κ2) is 5.49. The zero-order chi connectivity index (χ0) is 13.0. The van der Waals surface area contributed by atoms with E-state index in [0.29, 0.717) is 0 Å². The third-order valence-corrected chi connectivity index (χ3v) is 2.21. The molecule has 1 atom stereocenters. The van der Waals surface area contributed by atoms with E-state index in [-0.39, 0.29) is 10.7 Å². The number of carboxylic acid groups (broad SMARTS) is 1. The maximum Gasteiger partial charge on any atom is 0.325 e. The molecule has 0 saturated heterocycles. The summed E-state index contributed by atoms with van der Waals surface area (Å²) in [5.74, 6) is -1.69. The SMILES string of the molecule is C[C@H](NC(=O)Nc1ccc(F)cc1Cl)C(=O)O. The molecule has 7 heteroatoms. The molecule has 0 fully saturated rings. The van der Waals surface area contributed by atoms with Crippen LogP contribution in [0.4, 0.5) is 14.9 Å². The van der Waals surface area contributed by atoms with Crippen LogP contribution < -0.4 is 10.6 Å². The highest BCUT2D eigenvalue weighted by molar-refractivity contribution is 6.33. The first-order valence-corrected chi connectivity index (χ1v) is 5.03. The number of carbonyl (C=O) groups is 2. The molecular formula is C10H10ClFN2O3. The predicted octanol–water partition coefficient (Wildman–Crippen LogP) is 2.07. The van der Waals surface area contributed by atoms with Crippen molar-refractivity contribution in [2.24, 2.45) is 0 Å². The van der Waals surface area contributed by atoms with Crippen LogP contribution in [-0.2, 0) is 4.79 Å². The fourth-order valence-electron chi connectivity index (χ4n) is 1.01. The number of urea groups is 1. The summed E-state index contributed by atoms with van der Waals surface area (Å²) >= 11 is 5.67. The lowest BCUT2D eigenvalue weighted by Gasteiger charge is -2.11. The third kappa shape index (κ3) is 3.92. The van der Waals surface area contributed by atoms with Gasteiger partial charge in [-0.05, 0) is 25.1 Å². The molecule has 5 nitrogen and oxygen atoms in total. The van der Waals surface area contributed by atoms with Crippen LogP contribution in [0.25, 0.3) is 0 Å². The average molecular weight is 261 g/mol. The first kappa shape index (κ1) is 13.2. The monoisotopic (exact) mass is 260 g/mol. The van der Waals surface area contributed by atoms with Crippen molar-refractivity contribution < 1.29 is 19.1 Å². The highest BCUT2D eigenvalue weighted by Gasteiger charge is 2.14. The van der Waals surface area contributed by atoms with Gasteiger partial charge in [0.05, 0.1) is 10.7 Å². The van der Waals surface area contributed by atoms with E-state index in [1.54, 1.807) is 0 Å². The Morgan fingerprint density at radius 2 is 2.12 bits per heavy atom. The minimum absolute atomic E-state index is 0.0307. The van der Waals surface area contributed by atoms with E-state index in [4.69, 9.17) is 16.7 Å². The Morgan fingerprint density at radius 3 is 2.65 bits per heavy atom. The first-order chi connectivity index (χ1) is 7.90. The van der Waals surface area contributed by atoms with Crippen molar-refractivity contribution in [1.82, 2.24) is 5.32 Å². The molecule has 0 aromatic heterocycles. The molecule has 1 aromatic rings. The standard InChI is InChI=1S/C10H10ClFN2O3/c1-5(9(15)16)13-10(17)14-8-3-2-6(12)4-7(8)11/h2-5H,1H3,(H,15,16)(H2,13,14,17)/t5-/m0/s1. The van der Waals surface area contributed by atoms with E-state index >= 15 is 0 Å². The van der Waals surface area contributed by atoms with E-state index in [1.807, 2.05) is 0 Å². The zero-order valence-corrected chi connectivity index (χ0v) is 9.58. The van der Waals surface area contributed by atoms with Gasteiger partial charge in [-0.25, -0.2) is 9.18 Å². The number of amides is 2. The number of nitrogens with one attached hydrogen (secondary N) is 2. The van der Waals surface area contributed by atoms with E-state index in [9.17, 15) is 14.0 Å². The van der Waals surface area contributed by atoms with Gasteiger partial charge in [0, 0.05) is 0 Å². The number of carbonyl (C=O) groups excluding carboxylic acids is 1. The van der Waals surface area contributed by atoms with Crippen LogP contribution in [0, 0.1) is 5.82 Å². The second-order valence-corrected chi connectivity index (χ2v) is 3.69. The van der Waals surface area contributed by atoms with Gasteiger partial charge in [-0.1, -0.05) is 11.6 Å². The summed E-state index contributed by atoms with van der Waals surface area (Å²) in [6, 6.07) is 1.69. The van der Waals surface area contributed by atoms with E-state index in [1.165, 1.54) is 13.0 Å². The molecule has 0 aliphatic carbocycles. The highest BCUT2D eigenvalue weighted by atomic mass is 35.5. The maximum absolute atomic E-state index is 12.7. The lowest BCUT2D eigenvalue weighted by Crippen LogP contribution is -2.40. The number of benzene rings is 1. The van der Waals surface area contributed by atoms with Gasteiger partial charge in [-0.3, -0.25) is 4.79 Å². The Bertz CT molecular complexity index is 453. The summed E-state index contributed by atoms with van der Waals surface area (Å²) in [5.41, 5.74) is 0.197. The van der Waals surface area contributed by atoms with Crippen molar-refractivity contribution in [1.29, 1.82) is 0 Å². The number of aliphatic carboxylic acids is 1. The van der Waals surface area contributed by atoms with Crippen LogP contribution in [0.1, 0.15) is 6.92 Å². The number of anilines is 1. The Morgan fingerprint density at radius 1 is 1.47 bits per heavy atom. The van der Waals surface area contributed by atoms with Gasteiger partial charge in [0.25, 0.3) is 0 Å². The Kier molecular flexibility index (Phi) is 4.28. The second-order valence-electron chi connectivity index (χ2n) is 3.28. The molecule has 0 aliphatic rings. The lowest BCUT2D eigenvalue weighted by molar-refractivity contribution is -0.138. The average Bonchev–Trinajstić information content (AvgIpc) is 2.22. The third-order valence-electron chi connectivity index (χ3n) is 1.90. The summed E-state index contributed by atoms with van der Waals surface area (Å²) < 4.78 is 12.7. The van der Waals surface area contributed by atoms with Crippen LogP contribution in [0.2, 0.25) is 5.02 Å². The fraction of sp³-hybridized carbons (Fsp3) is 0.200. The molecule has 0 saturated carbocycles. The van der Waals surface area contributed by atoms with Crippen molar-refractivity contribution in [2.45, 2.75) is 13.0 Å². The van der Waals surface area contributed by atoms with Crippen molar-refractivity contribution in [3.63, 3.8) is 0 Å². The molecule has 0 aliphatic heterocycles. The Balaban J connectivity index is 2.65. The number of hydrogen-bond acceptors (Lipinski definition) is 2. The minimum atomic E-state index is -1.16. The van der Waals surface area contributed by atoms with Crippen molar-refractivity contribution in [3.8, 4) is 0 Å². The molecule has 92 valence electrons. The number of carboxylic acids is 1. The summed E-state index contributed by atoms with van der Waals surface area (Å²) in [6.07, 6.45) is 0. The fourth-order valence-corrected chi connectivity index (χ4v) is 1.22. The summed E-state index contributed by atoms with van der Waals surface area (Å²) in [7, 11) is 0. The largest absolute Gasteiger partial charge is 0.480 e. The van der Waals surface area contributed by atoms with Gasteiger partial charge < -0.3 is 15.7 Å². The maximum atomic E-state index is 12.7. The van der Waals surface area contributed by atoms with Crippen LogP contribution in [0.3, 0.4) is 0 Å². The van der Waals surface area contributed by atoms with Crippen LogP contribution in [-0.4, -0.2) is 23.1 Å². The van der Waals surface area contributed by atoms with E-state index < -0.39 is 23.9 Å². The number of hydrogen-bond donors (Lipinski definition) is 3. The molecule has 0 spiro atoms. The van der Waals surface area contributed by atoms with Crippen molar-refractivity contribution >= 4 is 29.3 Å². The van der Waals surface area contributed by atoms with Crippen molar-refractivity contribution in [3.05, 3.63) is 29.0 Å². The van der Waals surface area contributed by atoms with E-state index in [0.717, 1.165) is 12.1 Å². The predicted molar refractivity (Wildman–Crippen MR) is 60.7 cm³/mol. The first-order valence-electron chi connectivity index (χ1n) is 4.65. The van der Waals surface area contributed by atoms with Crippen LogP contribution >= 0.6 is 11.6 Å². The number of halogens is 2. The number of rotatable bonds is 3.